The molecule has 1 aromatic heterocycles. The van der Waals surface area contributed by atoms with Crippen LogP contribution in [-0.4, -0.2) is 55.6 Å². The van der Waals surface area contributed by atoms with Gasteiger partial charge in [0.2, 0.25) is 0 Å². The minimum absolute atomic E-state index is 0.166. The molecule has 0 amide bonds. The number of para-hydroxylation sites is 1. The van der Waals surface area contributed by atoms with Gasteiger partial charge in [-0.05, 0) is 41.9 Å². The number of rotatable bonds is 6. The number of fused-ring (bicyclic) bond motifs is 1. The fraction of sp³-hybridized carbons (Fsp3) is 0.360. The monoisotopic (exact) mass is 434 g/mol. The van der Waals surface area contributed by atoms with Crippen molar-refractivity contribution in [3.05, 3.63) is 71.7 Å². The van der Waals surface area contributed by atoms with E-state index < -0.39 is 0 Å². The number of aromatic nitrogens is 1. The molecule has 0 atom stereocenters. The van der Waals surface area contributed by atoms with Crippen molar-refractivity contribution in [2.24, 2.45) is 4.99 Å². The molecule has 2 heterocycles. The van der Waals surface area contributed by atoms with Gasteiger partial charge in [-0.2, -0.15) is 0 Å². The van der Waals surface area contributed by atoms with Crippen molar-refractivity contribution in [1.82, 2.24) is 20.5 Å². The summed E-state index contributed by atoms with van der Waals surface area (Å²) in [6, 6.07) is 15.6. The predicted octanol–water partition coefficient (Wildman–Crippen LogP) is 3.38. The lowest BCUT2D eigenvalue weighted by molar-refractivity contribution is 0.270. The lowest BCUT2D eigenvalue weighted by atomic mass is 10.1. The minimum atomic E-state index is -0.166. The molecule has 6 nitrogen and oxygen atoms in total. The highest BCUT2D eigenvalue weighted by Crippen LogP contribution is 2.22. The Labute approximate surface area is 189 Å². The molecule has 4 rings (SSSR count). The second-order valence-corrected chi connectivity index (χ2v) is 7.97. The number of aliphatic imine (C=N–C) groups is 1. The molecule has 0 radical (unpaired) electrons. The number of hydrogen-bond donors (Lipinski definition) is 2. The molecule has 0 unspecified atom stereocenters. The number of nitrogens with zero attached hydrogens (tertiary/aromatic N) is 4. The number of pyridine rings is 1. The van der Waals surface area contributed by atoms with E-state index in [0.717, 1.165) is 54.8 Å². The summed E-state index contributed by atoms with van der Waals surface area (Å²) in [4.78, 5) is 13.2. The van der Waals surface area contributed by atoms with Crippen LogP contribution in [-0.2, 0) is 13.1 Å². The molecule has 1 aliphatic heterocycles. The molecule has 0 spiro atoms. The van der Waals surface area contributed by atoms with Crippen LogP contribution in [0.1, 0.15) is 18.1 Å². The van der Waals surface area contributed by atoms with Crippen LogP contribution in [0.4, 0.5) is 10.1 Å². The van der Waals surface area contributed by atoms with Crippen LogP contribution < -0.4 is 15.5 Å². The van der Waals surface area contributed by atoms with E-state index in [0.29, 0.717) is 24.7 Å². The molecule has 2 aromatic carbocycles. The van der Waals surface area contributed by atoms with Crippen LogP contribution in [0.25, 0.3) is 10.9 Å². The second kappa shape index (κ2) is 10.4. The molecule has 3 aromatic rings. The quantitative estimate of drug-likeness (QED) is 0.460. The number of benzene rings is 2. The molecule has 7 heteroatoms. The van der Waals surface area contributed by atoms with Gasteiger partial charge in [-0.15, -0.1) is 0 Å². The maximum atomic E-state index is 14.8. The third-order valence-electron chi connectivity index (χ3n) is 6.04. The Morgan fingerprint density at radius 1 is 1.03 bits per heavy atom. The molecule has 2 N–H and O–H groups in total. The van der Waals surface area contributed by atoms with Gasteiger partial charge < -0.3 is 20.4 Å². The average Bonchev–Trinajstić information content (AvgIpc) is 2.84. The van der Waals surface area contributed by atoms with Crippen LogP contribution in [0.3, 0.4) is 0 Å². The van der Waals surface area contributed by atoms with Crippen LogP contribution >= 0.6 is 0 Å². The Kier molecular flexibility index (Phi) is 7.17. The predicted molar refractivity (Wildman–Crippen MR) is 130 cm³/mol. The lowest BCUT2D eigenvalue weighted by Gasteiger charge is -2.35. The van der Waals surface area contributed by atoms with Gasteiger partial charge in [0.25, 0.3) is 0 Å². The zero-order chi connectivity index (χ0) is 22.3. The summed E-state index contributed by atoms with van der Waals surface area (Å²) in [7, 11) is 1.74. The van der Waals surface area contributed by atoms with Crippen LogP contribution in [0.2, 0.25) is 0 Å². The topological polar surface area (TPSA) is 55.8 Å². The SMILES string of the molecule is CCN1CCN(c2ccc(CNC(=NC)NCc3ccnc4ccccc34)cc2F)CC1. The summed E-state index contributed by atoms with van der Waals surface area (Å²) in [5.41, 5.74) is 3.70. The highest BCUT2D eigenvalue weighted by molar-refractivity contribution is 5.83. The summed E-state index contributed by atoms with van der Waals surface area (Å²) in [5.74, 6) is 0.506. The zero-order valence-corrected chi connectivity index (χ0v) is 18.8. The lowest BCUT2D eigenvalue weighted by Crippen LogP contribution is -2.46. The summed E-state index contributed by atoms with van der Waals surface area (Å²) in [5, 5.41) is 7.74. The zero-order valence-electron chi connectivity index (χ0n) is 18.8. The van der Waals surface area contributed by atoms with Crippen LogP contribution in [0.5, 0.6) is 0 Å². The maximum Gasteiger partial charge on any atom is 0.191 e. The minimum Gasteiger partial charge on any atom is -0.367 e. The van der Waals surface area contributed by atoms with E-state index in [1.54, 1.807) is 13.1 Å². The summed E-state index contributed by atoms with van der Waals surface area (Å²) < 4.78 is 14.8. The molecule has 0 saturated carbocycles. The number of hydrogen-bond acceptors (Lipinski definition) is 4. The molecule has 0 aliphatic carbocycles. The molecular weight excluding hydrogens is 403 g/mol. The molecular formula is C25H31FN6. The number of anilines is 1. The number of guanidine groups is 1. The molecule has 32 heavy (non-hydrogen) atoms. The van der Waals surface area contributed by atoms with Gasteiger partial charge >= 0.3 is 0 Å². The van der Waals surface area contributed by atoms with Crippen molar-refractivity contribution in [2.75, 3.05) is 44.7 Å². The normalized spacial score (nSPS) is 15.2. The van der Waals surface area contributed by atoms with Crippen LogP contribution in [0, 0.1) is 5.82 Å². The van der Waals surface area contributed by atoms with Crippen molar-refractivity contribution in [3.8, 4) is 0 Å². The molecule has 0 bridgehead atoms. The fourth-order valence-electron chi connectivity index (χ4n) is 4.12. The summed E-state index contributed by atoms with van der Waals surface area (Å²) in [6.45, 7) is 8.03. The molecule has 168 valence electrons. The van der Waals surface area contributed by atoms with E-state index >= 15 is 0 Å². The standard InChI is InChI=1S/C25H31FN6/c1-3-31-12-14-32(15-13-31)24-9-8-19(16-22(24)26)17-29-25(27-2)30-18-20-10-11-28-23-7-5-4-6-21(20)23/h4-11,16H,3,12-15,17-18H2,1-2H3,(H2,27,29,30). The Bertz CT molecular complexity index is 1070. The first kappa shape index (κ1) is 22.0. The Morgan fingerprint density at radius 3 is 2.56 bits per heavy atom. The highest BCUT2D eigenvalue weighted by Gasteiger charge is 2.18. The first-order valence-corrected chi connectivity index (χ1v) is 11.2. The van der Waals surface area contributed by atoms with Gasteiger partial charge in [0.15, 0.2) is 5.96 Å². The third-order valence-corrected chi connectivity index (χ3v) is 6.04. The van der Waals surface area contributed by atoms with E-state index in [4.69, 9.17) is 0 Å². The van der Waals surface area contributed by atoms with E-state index in [1.165, 1.54) is 0 Å². The van der Waals surface area contributed by atoms with Gasteiger partial charge in [-0.25, -0.2) is 4.39 Å². The van der Waals surface area contributed by atoms with Gasteiger partial charge in [0.05, 0.1) is 11.2 Å². The Morgan fingerprint density at radius 2 is 1.81 bits per heavy atom. The Hall–Kier alpha value is -3.19. The first-order chi connectivity index (χ1) is 15.7. The van der Waals surface area contributed by atoms with E-state index in [2.05, 4.69) is 43.4 Å². The number of halogens is 1. The van der Waals surface area contributed by atoms with Gasteiger partial charge in [0.1, 0.15) is 5.82 Å². The van der Waals surface area contributed by atoms with E-state index in [9.17, 15) is 4.39 Å². The highest BCUT2D eigenvalue weighted by atomic mass is 19.1. The molecule has 1 saturated heterocycles. The number of piperazine rings is 1. The van der Waals surface area contributed by atoms with Crippen LogP contribution in [0.15, 0.2) is 59.7 Å². The summed E-state index contributed by atoms with van der Waals surface area (Å²) >= 11 is 0. The molecule has 1 aliphatic rings. The average molecular weight is 435 g/mol. The van der Waals surface area contributed by atoms with Crippen molar-refractivity contribution < 1.29 is 4.39 Å². The number of likely N-dealkylation sites (N-methyl/N-ethyl adjacent to an activating group) is 1. The summed E-state index contributed by atoms with van der Waals surface area (Å²) in [6.07, 6.45) is 1.82. The largest absolute Gasteiger partial charge is 0.367 e. The van der Waals surface area contributed by atoms with Gasteiger partial charge in [-0.3, -0.25) is 9.98 Å². The van der Waals surface area contributed by atoms with Gasteiger partial charge in [-0.1, -0.05) is 31.2 Å². The Balaban J connectivity index is 1.33. The molecule has 1 fully saturated rings. The van der Waals surface area contributed by atoms with Crippen molar-refractivity contribution in [2.45, 2.75) is 20.0 Å². The van der Waals surface area contributed by atoms with Gasteiger partial charge in [0, 0.05) is 57.9 Å². The van der Waals surface area contributed by atoms with Crippen molar-refractivity contribution in [3.63, 3.8) is 0 Å². The fourth-order valence-corrected chi connectivity index (χ4v) is 4.12. The number of nitrogens with one attached hydrogen (secondary N) is 2. The van der Waals surface area contributed by atoms with E-state index in [1.807, 2.05) is 42.6 Å². The third kappa shape index (κ3) is 5.16. The van der Waals surface area contributed by atoms with Crippen molar-refractivity contribution in [1.29, 1.82) is 0 Å². The van der Waals surface area contributed by atoms with Crippen molar-refractivity contribution >= 4 is 22.5 Å². The first-order valence-electron chi connectivity index (χ1n) is 11.2. The smallest absolute Gasteiger partial charge is 0.191 e. The second-order valence-electron chi connectivity index (χ2n) is 7.97. The maximum absolute atomic E-state index is 14.8. The van der Waals surface area contributed by atoms with E-state index in [-0.39, 0.29) is 5.82 Å².